The number of alkyl halides is 1. The minimum atomic E-state index is 0.729. The number of hydrogen-bond acceptors (Lipinski definition) is 2. The largest absolute Gasteiger partial charge is 0.369 e. The number of piperazine rings is 1. The molecule has 1 fully saturated rings. The lowest BCUT2D eigenvalue weighted by Crippen LogP contribution is -2.44. The molecule has 1 heterocycles. The Morgan fingerprint density at radius 2 is 1.76 bits per heavy atom. The van der Waals surface area contributed by atoms with Gasteiger partial charge in [0.2, 0.25) is 0 Å². The fourth-order valence-electron chi connectivity index (χ4n) is 1.96. The molecule has 17 heavy (non-hydrogen) atoms. The fourth-order valence-corrected chi connectivity index (χ4v) is 2.10. The molecule has 90 valence electrons. The van der Waals surface area contributed by atoms with Crippen LogP contribution < -0.4 is 4.90 Å². The summed E-state index contributed by atoms with van der Waals surface area (Å²) in [7, 11) is 2.18. The molecule has 0 aromatic heterocycles. The van der Waals surface area contributed by atoms with E-state index < -0.39 is 0 Å². The molecule has 1 aliphatic rings. The maximum absolute atomic E-state index is 3.30. The number of halogens is 1. The predicted octanol–water partition coefficient (Wildman–Crippen LogP) is 2.18. The summed E-state index contributed by atoms with van der Waals surface area (Å²) in [4.78, 5) is 4.80. The van der Waals surface area contributed by atoms with Crippen LogP contribution in [0, 0.1) is 11.8 Å². The molecule has 0 spiro atoms. The zero-order valence-corrected chi connectivity index (χ0v) is 11.7. The van der Waals surface area contributed by atoms with E-state index >= 15 is 0 Å². The van der Waals surface area contributed by atoms with E-state index in [1.165, 1.54) is 5.69 Å². The Morgan fingerprint density at radius 3 is 2.35 bits per heavy atom. The van der Waals surface area contributed by atoms with Gasteiger partial charge < -0.3 is 9.80 Å². The number of nitrogens with zero attached hydrogens (tertiary/aromatic N) is 2. The monoisotopic (exact) mass is 292 g/mol. The first-order valence-corrected chi connectivity index (χ1v) is 7.00. The van der Waals surface area contributed by atoms with Gasteiger partial charge in [-0.3, -0.25) is 0 Å². The molecular weight excluding hydrogens is 276 g/mol. The van der Waals surface area contributed by atoms with Crippen molar-refractivity contribution >= 4 is 21.6 Å². The number of hydrogen-bond donors (Lipinski definition) is 0. The van der Waals surface area contributed by atoms with E-state index in [-0.39, 0.29) is 0 Å². The van der Waals surface area contributed by atoms with Gasteiger partial charge in [-0.25, -0.2) is 0 Å². The van der Waals surface area contributed by atoms with Crippen LogP contribution in [0.4, 0.5) is 5.69 Å². The summed E-state index contributed by atoms with van der Waals surface area (Å²) in [6.45, 7) is 4.52. The van der Waals surface area contributed by atoms with E-state index in [1.807, 2.05) is 0 Å². The highest BCUT2D eigenvalue weighted by atomic mass is 79.9. The van der Waals surface area contributed by atoms with Crippen molar-refractivity contribution in [2.24, 2.45) is 0 Å². The third-order valence-corrected chi connectivity index (χ3v) is 3.32. The first kappa shape index (κ1) is 12.5. The van der Waals surface area contributed by atoms with Gasteiger partial charge in [-0.05, 0) is 31.3 Å². The summed E-state index contributed by atoms with van der Waals surface area (Å²) in [5.41, 5.74) is 2.39. The van der Waals surface area contributed by atoms with Gasteiger partial charge in [-0.2, -0.15) is 0 Å². The first-order chi connectivity index (χ1) is 8.29. The van der Waals surface area contributed by atoms with Gasteiger partial charge in [0, 0.05) is 37.4 Å². The molecule has 1 aromatic rings. The van der Waals surface area contributed by atoms with Crippen molar-refractivity contribution in [3.63, 3.8) is 0 Å². The highest BCUT2D eigenvalue weighted by Gasteiger charge is 2.13. The van der Waals surface area contributed by atoms with E-state index in [9.17, 15) is 0 Å². The van der Waals surface area contributed by atoms with Gasteiger partial charge in [0.25, 0.3) is 0 Å². The average Bonchev–Trinajstić information content (AvgIpc) is 2.38. The topological polar surface area (TPSA) is 6.48 Å². The molecule has 0 aliphatic carbocycles. The average molecular weight is 293 g/mol. The molecule has 2 nitrogen and oxygen atoms in total. The van der Waals surface area contributed by atoms with Gasteiger partial charge in [0.1, 0.15) is 0 Å². The summed E-state index contributed by atoms with van der Waals surface area (Å²) >= 11 is 3.30. The molecular formula is C14H17BrN2. The number of likely N-dealkylation sites (N-methyl/N-ethyl adjacent to an activating group) is 1. The fraction of sp³-hybridized carbons (Fsp3) is 0.429. The Balaban J connectivity index is 2.02. The Kier molecular flexibility index (Phi) is 4.47. The molecule has 0 amide bonds. The van der Waals surface area contributed by atoms with Crippen molar-refractivity contribution < 1.29 is 0 Å². The molecule has 0 unspecified atom stereocenters. The lowest BCUT2D eigenvalue weighted by atomic mass is 10.2. The van der Waals surface area contributed by atoms with Crippen LogP contribution in [0.3, 0.4) is 0 Å². The number of rotatable bonds is 1. The van der Waals surface area contributed by atoms with E-state index in [4.69, 9.17) is 0 Å². The molecule has 0 radical (unpaired) electrons. The number of anilines is 1. The molecule has 0 saturated carbocycles. The van der Waals surface area contributed by atoms with Gasteiger partial charge in [0.15, 0.2) is 0 Å². The molecule has 0 bridgehead atoms. The van der Waals surface area contributed by atoms with E-state index in [1.54, 1.807) is 0 Å². The SMILES string of the molecule is CN1CCN(c2ccc(C#CCBr)cc2)CC1. The van der Waals surface area contributed by atoms with Crippen molar-refractivity contribution in [2.45, 2.75) is 0 Å². The second-order valence-corrected chi connectivity index (χ2v) is 4.83. The lowest BCUT2D eigenvalue weighted by molar-refractivity contribution is 0.313. The zero-order chi connectivity index (χ0) is 12.1. The van der Waals surface area contributed by atoms with Gasteiger partial charge in [-0.1, -0.05) is 27.8 Å². The van der Waals surface area contributed by atoms with E-state index in [2.05, 4.69) is 68.9 Å². The quantitative estimate of drug-likeness (QED) is 0.578. The van der Waals surface area contributed by atoms with Crippen LogP contribution in [0.1, 0.15) is 5.56 Å². The Labute approximate surface area is 112 Å². The number of benzene rings is 1. The van der Waals surface area contributed by atoms with Crippen molar-refractivity contribution in [3.05, 3.63) is 29.8 Å². The Morgan fingerprint density at radius 1 is 1.12 bits per heavy atom. The summed E-state index contributed by atoms with van der Waals surface area (Å²) in [5.74, 6) is 6.12. The smallest absolute Gasteiger partial charge is 0.0649 e. The molecule has 0 atom stereocenters. The molecule has 1 saturated heterocycles. The predicted molar refractivity (Wildman–Crippen MR) is 76.8 cm³/mol. The lowest BCUT2D eigenvalue weighted by Gasteiger charge is -2.34. The van der Waals surface area contributed by atoms with Crippen molar-refractivity contribution in [3.8, 4) is 11.8 Å². The maximum Gasteiger partial charge on any atom is 0.0649 e. The van der Waals surface area contributed by atoms with Crippen LogP contribution in [0.15, 0.2) is 24.3 Å². The van der Waals surface area contributed by atoms with Crippen LogP contribution >= 0.6 is 15.9 Å². The van der Waals surface area contributed by atoms with E-state index in [0.717, 1.165) is 37.1 Å². The van der Waals surface area contributed by atoms with Crippen LogP contribution in [-0.4, -0.2) is 43.5 Å². The normalized spacial score (nSPS) is 16.5. The van der Waals surface area contributed by atoms with Crippen LogP contribution in [0.5, 0.6) is 0 Å². The van der Waals surface area contributed by atoms with Gasteiger partial charge >= 0.3 is 0 Å². The minimum Gasteiger partial charge on any atom is -0.369 e. The molecule has 1 aliphatic heterocycles. The van der Waals surface area contributed by atoms with Gasteiger partial charge in [-0.15, -0.1) is 0 Å². The van der Waals surface area contributed by atoms with E-state index in [0.29, 0.717) is 0 Å². The van der Waals surface area contributed by atoms with Crippen LogP contribution in [0.25, 0.3) is 0 Å². The van der Waals surface area contributed by atoms with Gasteiger partial charge in [0.05, 0.1) is 5.33 Å². The third-order valence-electron chi connectivity index (χ3n) is 3.04. The highest BCUT2D eigenvalue weighted by Crippen LogP contribution is 2.16. The van der Waals surface area contributed by atoms with Crippen molar-refractivity contribution in [1.29, 1.82) is 0 Å². The zero-order valence-electron chi connectivity index (χ0n) is 10.1. The summed E-state index contributed by atoms with van der Waals surface area (Å²) in [5, 5.41) is 0.729. The maximum atomic E-state index is 3.30. The molecule has 3 heteroatoms. The first-order valence-electron chi connectivity index (χ1n) is 5.88. The summed E-state index contributed by atoms with van der Waals surface area (Å²) < 4.78 is 0. The molecule has 0 N–H and O–H groups in total. The highest BCUT2D eigenvalue weighted by molar-refractivity contribution is 9.09. The molecule has 2 rings (SSSR count). The van der Waals surface area contributed by atoms with Crippen LogP contribution in [-0.2, 0) is 0 Å². The third kappa shape index (κ3) is 3.49. The molecule has 1 aromatic carbocycles. The minimum absolute atomic E-state index is 0.729. The van der Waals surface area contributed by atoms with Crippen molar-refractivity contribution in [1.82, 2.24) is 4.90 Å². The second-order valence-electron chi connectivity index (χ2n) is 4.27. The Bertz CT molecular complexity index is 408. The summed E-state index contributed by atoms with van der Waals surface area (Å²) in [6, 6.07) is 8.54. The van der Waals surface area contributed by atoms with Crippen molar-refractivity contribution in [2.75, 3.05) is 43.5 Å². The second kappa shape index (κ2) is 6.09. The van der Waals surface area contributed by atoms with Crippen LogP contribution in [0.2, 0.25) is 0 Å². The summed E-state index contributed by atoms with van der Waals surface area (Å²) in [6.07, 6.45) is 0. The Hall–Kier alpha value is -0.980. The standard InChI is InChI=1S/C14H17BrN2/c1-16-9-11-17(12-10-16)14-6-4-13(5-7-14)3-2-8-15/h4-7H,8-12H2,1H3.